The van der Waals surface area contributed by atoms with Gasteiger partial charge in [0.1, 0.15) is 0 Å². The average molecular weight is 294 g/mol. The molecule has 1 heterocycles. The van der Waals surface area contributed by atoms with Crippen LogP contribution in [-0.2, 0) is 10.2 Å². The van der Waals surface area contributed by atoms with E-state index in [1.165, 1.54) is 50.9 Å². The maximum atomic E-state index is 6.02. The molecule has 1 aliphatic carbocycles. The summed E-state index contributed by atoms with van der Waals surface area (Å²) in [5, 5.41) is 0.838. The van der Waals surface area contributed by atoms with Crippen LogP contribution >= 0.6 is 11.6 Å². The fourth-order valence-electron chi connectivity index (χ4n) is 3.80. The topological polar surface area (TPSA) is 12.5 Å². The summed E-state index contributed by atoms with van der Waals surface area (Å²) in [7, 11) is 1.81. The highest BCUT2D eigenvalue weighted by Crippen LogP contribution is 2.45. The van der Waals surface area contributed by atoms with E-state index in [4.69, 9.17) is 16.3 Å². The summed E-state index contributed by atoms with van der Waals surface area (Å²) < 4.78 is 5.30. The maximum absolute atomic E-state index is 6.02. The third-order valence-corrected chi connectivity index (χ3v) is 5.32. The second kappa shape index (κ2) is 6.05. The quantitative estimate of drug-likeness (QED) is 0.820. The maximum Gasteiger partial charge on any atom is 0.0503 e. The normalized spacial score (nSPS) is 25.6. The molecule has 0 unspecified atom stereocenters. The molecule has 3 rings (SSSR count). The minimum Gasteiger partial charge on any atom is -0.384 e. The molecule has 1 aromatic carbocycles. The van der Waals surface area contributed by atoms with Crippen LogP contribution in [0.2, 0.25) is 5.02 Å². The first-order valence-corrected chi connectivity index (χ1v) is 8.07. The molecule has 2 nitrogen and oxygen atoms in total. The van der Waals surface area contributed by atoms with Crippen molar-refractivity contribution in [3.63, 3.8) is 0 Å². The SMILES string of the molecule is COC[C@@H]1CCN(CC2(c3ccc(Cl)cc3)CCC2)C1. The van der Waals surface area contributed by atoms with Crippen molar-refractivity contribution in [3.8, 4) is 0 Å². The van der Waals surface area contributed by atoms with E-state index in [0.29, 0.717) is 5.41 Å². The molecule has 1 aliphatic heterocycles. The van der Waals surface area contributed by atoms with Gasteiger partial charge < -0.3 is 9.64 Å². The highest BCUT2D eigenvalue weighted by Gasteiger charge is 2.41. The second-order valence-electron chi connectivity index (χ2n) is 6.49. The summed E-state index contributed by atoms with van der Waals surface area (Å²) in [6.07, 6.45) is 5.28. The van der Waals surface area contributed by atoms with Gasteiger partial charge in [-0.3, -0.25) is 0 Å². The van der Waals surface area contributed by atoms with Crippen LogP contribution in [-0.4, -0.2) is 38.3 Å². The number of methoxy groups -OCH3 is 1. The number of likely N-dealkylation sites (tertiary alicyclic amines) is 1. The highest BCUT2D eigenvalue weighted by molar-refractivity contribution is 6.30. The minimum absolute atomic E-state index is 0.381. The summed E-state index contributed by atoms with van der Waals surface area (Å²) in [6.45, 7) is 4.53. The Balaban J connectivity index is 1.66. The van der Waals surface area contributed by atoms with Gasteiger partial charge in [-0.1, -0.05) is 30.2 Å². The Morgan fingerprint density at radius 3 is 2.65 bits per heavy atom. The van der Waals surface area contributed by atoms with Gasteiger partial charge in [-0.15, -0.1) is 0 Å². The summed E-state index contributed by atoms with van der Waals surface area (Å²) >= 11 is 6.02. The van der Waals surface area contributed by atoms with Gasteiger partial charge in [-0.05, 0) is 49.4 Å². The Bertz CT molecular complexity index is 441. The molecule has 0 spiro atoms. The molecule has 110 valence electrons. The van der Waals surface area contributed by atoms with Gasteiger partial charge in [-0.2, -0.15) is 0 Å². The summed E-state index contributed by atoms with van der Waals surface area (Å²) in [5.41, 5.74) is 1.86. The molecule has 2 fully saturated rings. The molecule has 1 saturated heterocycles. The predicted octanol–water partition coefficient (Wildman–Crippen LogP) is 3.73. The fourth-order valence-corrected chi connectivity index (χ4v) is 3.93. The lowest BCUT2D eigenvalue weighted by molar-refractivity contribution is 0.133. The van der Waals surface area contributed by atoms with Gasteiger partial charge in [0.25, 0.3) is 0 Å². The Labute approximate surface area is 127 Å². The zero-order valence-electron chi connectivity index (χ0n) is 12.3. The van der Waals surface area contributed by atoms with Gasteiger partial charge in [0.15, 0.2) is 0 Å². The standard InChI is InChI=1S/C17H24ClNO/c1-20-12-14-7-10-19(11-14)13-17(8-2-9-17)15-3-5-16(18)6-4-15/h3-6,14H,2,7-13H2,1H3/t14-/m1/s1. The fraction of sp³-hybridized carbons (Fsp3) is 0.647. The number of nitrogens with zero attached hydrogens (tertiary/aromatic N) is 1. The Kier molecular flexibility index (Phi) is 4.34. The van der Waals surface area contributed by atoms with Crippen LogP contribution in [0.25, 0.3) is 0 Å². The summed E-state index contributed by atoms with van der Waals surface area (Å²) in [4.78, 5) is 2.64. The van der Waals surface area contributed by atoms with Crippen molar-refractivity contribution in [2.45, 2.75) is 31.1 Å². The van der Waals surface area contributed by atoms with Crippen molar-refractivity contribution in [2.75, 3.05) is 33.4 Å². The van der Waals surface area contributed by atoms with Crippen LogP contribution in [0.5, 0.6) is 0 Å². The molecule has 1 atom stereocenters. The van der Waals surface area contributed by atoms with Crippen LogP contribution in [0, 0.1) is 5.92 Å². The van der Waals surface area contributed by atoms with Gasteiger partial charge in [-0.25, -0.2) is 0 Å². The Morgan fingerprint density at radius 1 is 1.30 bits per heavy atom. The van der Waals surface area contributed by atoms with Crippen molar-refractivity contribution in [3.05, 3.63) is 34.9 Å². The average Bonchev–Trinajstić information content (AvgIpc) is 2.83. The van der Waals surface area contributed by atoms with Crippen LogP contribution in [0.15, 0.2) is 24.3 Å². The van der Waals surface area contributed by atoms with E-state index in [0.717, 1.165) is 17.5 Å². The smallest absolute Gasteiger partial charge is 0.0503 e. The monoisotopic (exact) mass is 293 g/mol. The minimum atomic E-state index is 0.381. The Morgan fingerprint density at radius 2 is 2.05 bits per heavy atom. The molecule has 0 radical (unpaired) electrons. The summed E-state index contributed by atoms with van der Waals surface area (Å²) in [6, 6.07) is 8.53. The summed E-state index contributed by atoms with van der Waals surface area (Å²) in [5.74, 6) is 0.724. The molecule has 3 heteroatoms. The van der Waals surface area contributed by atoms with Crippen molar-refractivity contribution in [1.82, 2.24) is 4.90 Å². The van der Waals surface area contributed by atoms with Crippen LogP contribution < -0.4 is 0 Å². The third kappa shape index (κ3) is 2.88. The zero-order chi connectivity index (χ0) is 14.0. The number of hydrogen-bond acceptors (Lipinski definition) is 2. The van der Waals surface area contributed by atoms with E-state index < -0.39 is 0 Å². The molecule has 0 aromatic heterocycles. The number of rotatable bonds is 5. The van der Waals surface area contributed by atoms with Gasteiger partial charge in [0.05, 0.1) is 6.61 Å². The number of ether oxygens (including phenoxy) is 1. The van der Waals surface area contributed by atoms with E-state index in [-0.39, 0.29) is 0 Å². The second-order valence-corrected chi connectivity index (χ2v) is 6.92. The van der Waals surface area contributed by atoms with Gasteiger partial charge in [0.2, 0.25) is 0 Å². The number of halogens is 1. The zero-order valence-corrected chi connectivity index (χ0v) is 13.0. The van der Waals surface area contributed by atoms with Gasteiger partial charge in [0, 0.05) is 30.6 Å². The molecule has 2 aliphatic rings. The molecular formula is C17H24ClNO. The molecule has 20 heavy (non-hydrogen) atoms. The van der Waals surface area contributed by atoms with Gasteiger partial charge >= 0.3 is 0 Å². The van der Waals surface area contributed by atoms with E-state index >= 15 is 0 Å². The van der Waals surface area contributed by atoms with E-state index in [1.807, 2.05) is 19.2 Å². The van der Waals surface area contributed by atoms with Crippen LogP contribution in [0.3, 0.4) is 0 Å². The van der Waals surface area contributed by atoms with Crippen molar-refractivity contribution >= 4 is 11.6 Å². The molecule has 0 bridgehead atoms. The molecular weight excluding hydrogens is 270 g/mol. The van der Waals surface area contributed by atoms with Crippen LogP contribution in [0.4, 0.5) is 0 Å². The molecule has 1 aromatic rings. The lowest BCUT2D eigenvalue weighted by Gasteiger charge is -2.45. The first kappa shape index (κ1) is 14.4. The van der Waals surface area contributed by atoms with Crippen molar-refractivity contribution < 1.29 is 4.74 Å². The molecule has 1 saturated carbocycles. The lowest BCUT2D eigenvalue weighted by Crippen LogP contribution is -2.45. The number of benzene rings is 1. The largest absolute Gasteiger partial charge is 0.384 e. The van der Waals surface area contributed by atoms with E-state index in [1.54, 1.807) is 0 Å². The first-order chi connectivity index (χ1) is 9.72. The predicted molar refractivity (Wildman–Crippen MR) is 83.4 cm³/mol. The molecule has 0 N–H and O–H groups in total. The first-order valence-electron chi connectivity index (χ1n) is 7.69. The number of hydrogen-bond donors (Lipinski definition) is 0. The van der Waals surface area contributed by atoms with Crippen molar-refractivity contribution in [1.29, 1.82) is 0 Å². The van der Waals surface area contributed by atoms with Crippen molar-refractivity contribution in [2.24, 2.45) is 5.92 Å². The van der Waals surface area contributed by atoms with Crippen LogP contribution in [0.1, 0.15) is 31.2 Å². The van der Waals surface area contributed by atoms with E-state index in [9.17, 15) is 0 Å². The highest BCUT2D eigenvalue weighted by atomic mass is 35.5. The van der Waals surface area contributed by atoms with E-state index in [2.05, 4.69) is 17.0 Å². The third-order valence-electron chi connectivity index (χ3n) is 5.07. The Hall–Kier alpha value is -0.570. The lowest BCUT2D eigenvalue weighted by atomic mass is 9.64. The molecule has 0 amide bonds.